The number of imidazole rings is 1. The molecule has 2 N–H and O–H groups in total. The van der Waals surface area contributed by atoms with Crippen molar-refractivity contribution in [1.29, 1.82) is 5.26 Å². The van der Waals surface area contributed by atoms with Crippen molar-refractivity contribution in [3.63, 3.8) is 0 Å². The van der Waals surface area contributed by atoms with Crippen molar-refractivity contribution in [2.75, 3.05) is 63.2 Å². The fourth-order valence-corrected chi connectivity index (χ4v) is 7.10. The van der Waals surface area contributed by atoms with Gasteiger partial charge in [-0.3, -0.25) is 9.69 Å². The molecular formula is C27H30FN9O3S2. The van der Waals surface area contributed by atoms with Crippen LogP contribution in [0.2, 0.25) is 0 Å². The quantitative estimate of drug-likeness (QED) is 0.289. The van der Waals surface area contributed by atoms with E-state index in [4.69, 9.17) is 15.1 Å². The molecular weight excluding hydrogens is 581 g/mol. The minimum Gasteiger partial charge on any atom is -0.396 e. The summed E-state index contributed by atoms with van der Waals surface area (Å²) in [7, 11) is 3.78. The first-order valence-corrected chi connectivity index (χ1v) is 15.2. The van der Waals surface area contributed by atoms with E-state index < -0.39 is 6.10 Å². The number of likely N-dealkylation sites (tertiary alicyclic amines) is 1. The van der Waals surface area contributed by atoms with Crippen LogP contribution in [0.3, 0.4) is 0 Å². The first kappa shape index (κ1) is 28.4. The van der Waals surface area contributed by atoms with Gasteiger partial charge in [-0.05, 0) is 37.7 Å². The summed E-state index contributed by atoms with van der Waals surface area (Å²) in [6.07, 6.45) is 0.803. The van der Waals surface area contributed by atoms with E-state index in [0.717, 1.165) is 24.6 Å². The Hall–Kier alpha value is -3.68. The summed E-state index contributed by atoms with van der Waals surface area (Å²) >= 11 is 2.68. The number of amides is 1. The van der Waals surface area contributed by atoms with Gasteiger partial charge in [-0.2, -0.15) is 9.78 Å². The smallest absolute Gasteiger partial charge is 0.236 e. The van der Waals surface area contributed by atoms with E-state index in [-0.39, 0.29) is 24.4 Å². The molecule has 12 nitrogen and oxygen atoms in total. The molecule has 6 rings (SSSR count). The second-order valence-electron chi connectivity index (χ2n) is 10.5. The predicted octanol–water partition coefficient (Wildman–Crippen LogP) is 1.94. The average molecular weight is 612 g/mol. The topological polar surface area (TPSA) is 137 Å². The highest BCUT2D eigenvalue weighted by atomic mass is 32.1. The SMILES string of the molecule is CN(c1nc(-c2ccc(F)cc2)c(C#N)s1)c1c(CCO)nc2sc(N3CC[C@@H](N(C)CC(=O)N4CC(O)C4)C3)nn12. The van der Waals surface area contributed by atoms with Gasteiger partial charge in [0.05, 0.1) is 18.3 Å². The van der Waals surface area contributed by atoms with Gasteiger partial charge < -0.3 is 24.9 Å². The highest BCUT2D eigenvalue weighted by molar-refractivity contribution is 7.20. The van der Waals surface area contributed by atoms with Gasteiger partial charge in [-0.1, -0.05) is 22.7 Å². The van der Waals surface area contributed by atoms with Gasteiger partial charge in [-0.15, -0.1) is 5.10 Å². The maximum atomic E-state index is 13.5. The van der Waals surface area contributed by atoms with Crippen molar-refractivity contribution in [3.8, 4) is 17.3 Å². The Kier molecular flexibility index (Phi) is 7.81. The lowest BCUT2D eigenvalue weighted by molar-refractivity contribution is -0.142. The molecule has 0 unspecified atom stereocenters. The normalized spacial score (nSPS) is 17.3. The number of aromatic nitrogens is 4. The summed E-state index contributed by atoms with van der Waals surface area (Å²) in [5.41, 5.74) is 1.78. The minimum atomic E-state index is -0.410. The zero-order valence-electron chi connectivity index (χ0n) is 23.1. The third kappa shape index (κ3) is 5.32. The zero-order valence-corrected chi connectivity index (χ0v) is 24.8. The van der Waals surface area contributed by atoms with Gasteiger partial charge in [0, 0.05) is 57.9 Å². The molecule has 220 valence electrons. The number of nitriles is 1. The predicted molar refractivity (Wildman–Crippen MR) is 158 cm³/mol. The lowest BCUT2D eigenvalue weighted by atomic mass is 10.1. The van der Waals surface area contributed by atoms with Crippen molar-refractivity contribution >= 4 is 49.6 Å². The zero-order chi connectivity index (χ0) is 29.5. The molecule has 0 spiro atoms. The molecule has 0 saturated carbocycles. The van der Waals surface area contributed by atoms with E-state index in [0.29, 0.717) is 63.8 Å². The summed E-state index contributed by atoms with van der Waals surface area (Å²) in [6.45, 7) is 2.54. The number of aliphatic hydroxyl groups is 2. The summed E-state index contributed by atoms with van der Waals surface area (Å²) in [4.78, 5) is 30.8. The van der Waals surface area contributed by atoms with Crippen LogP contribution in [0.15, 0.2) is 24.3 Å². The highest BCUT2D eigenvalue weighted by Gasteiger charge is 2.33. The number of halogens is 1. The molecule has 0 bridgehead atoms. The van der Waals surface area contributed by atoms with Crippen LogP contribution in [-0.4, -0.2) is 111 Å². The molecule has 2 aliphatic heterocycles. The molecule has 5 heterocycles. The first-order valence-electron chi connectivity index (χ1n) is 13.6. The largest absolute Gasteiger partial charge is 0.396 e. The fourth-order valence-electron chi connectivity index (χ4n) is 5.31. The minimum absolute atomic E-state index is 0.0300. The number of carbonyl (C=O) groups is 1. The van der Waals surface area contributed by atoms with E-state index >= 15 is 0 Å². The molecule has 1 amide bonds. The molecule has 2 fully saturated rings. The number of rotatable bonds is 9. The number of hydrogen-bond donors (Lipinski definition) is 2. The van der Waals surface area contributed by atoms with Crippen LogP contribution in [0, 0.1) is 17.1 Å². The number of β-amino-alcohol motifs (C(OH)–C–C–N with tert-alkyl or cyclic N) is 1. The van der Waals surface area contributed by atoms with Gasteiger partial charge in [-0.25, -0.2) is 14.4 Å². The number of nitrogens with zero attached hydrogens (tertiary/aromatic N) is 9. The van der Waals surface area contributed by atoms with E-state index in [1.165, 1.54) is 34.8 Å². The lowest BCUT2D eigenvalue weighted by Gasteiger charge is -2.37. The third-order valence-corrected chi connectivity index (χ3v) is 9.69. The second-order valence-corrected chi connectivity index (χ2v) is 12.5. The number of aliphatic hydroxyl groups excluding tert-OH is 2. The molecule has 0 aliphatic carbocycles. The van der Waals surface area contributed by atoms with Crippen LogP contribution >= 0.6 is 22.7 Å². The summed E-state index contributed by atoms with van der Waals surface area (Å²) in [5.74, 6) is 0.319. The molecule has 4 aromatic rings. The van der Waals surface area contributed by atoms with Crippen LogP contribution in [0.4, 0.5) is 20.5 Å². The lowest BCUT2D eigenvalue weighted by Crippen LogP contribution is -2.56. The molecule has 3 aromatic heterocycles. The number of likely N-dealkylation sites (N-methyl/N-ethyl adjacent to an activating group) is 1. The van der Waals surface area contributed by atoms with Gasteiger partial charge in [0.2, 0.25) is 16.0 Å². The summed E-state index contributed by atoms with van der Waals surface area (Å²) in [5, 5.41) is 35.3. The summed E-state index contributed by atoms with van der Waals surface area (Å²) < 4.78 is 15.3. The molecule has 2 saturated heterocycles. The Bertz CT molecular complexity index is 1640. The Morgan fingerprint density at radius 3 is 2.64 bits per heavy atom. The van der Waals surface area contributed by atoms with Crippen molar-refractivity contribution in [2.24, 2.45) is 0 Å². The maximum absolute atomic E-state index is 13.5. The van der Waals surface area contributed by atoms with Gasteiger partial charge in [0.15, 0.2) is 10.9 Å². The number of hydrogen-bond acceptors (Lipinski definition) is 12. The molecule has 15 heteroatoms. The Morgan fingerprint density at radius 2 is 1.95 bits per heavy atom. The van der Waals surface area contributed by atoms with Crippen LogP contribution in [0.1, 0.15) is 17.0 Å². The number of anilines is 3. The van der Waals surface area contributed by atoms with Gasteiger partial charge in [0.25, 0.3) is 0 Å². The van der Waals surface area contributed by atoms with Crippen molar-refractivity contribution in [3.05, 3.63) is 40.7 Å². The van der Waals surface area contributed by atoms with E-state index in [1.54, 1.807) is 21.5 Å². The Morgan fingerprint density at radius 1 is 1.19 bits per heavy atom. The Balaban J connectivity index is 1.23. The second kappa shape index (κ2) is 11.5. The van der Waals surface area contributed by atoms with Crippen molar-refractivity contribution in [2.45, 2.75) is 25.0 Å². The first-order chi connectivity index (χ1) is 20.2. The van der Waals surface area contributed by atoms with Gasteiger partial charge >= 0.3 is 0 Å². The number of carbonyl (C=O) groups excluding carboxylic acids is 1. The van der Waals surface area contributed by atoms with E-state index in [9.17, 15) is 24.7 Å². The summed E-state index contributed by atoms with van der Waals surface area (Å²) in [6, 6.07) is 8.27. The molecule has 42 heavy (non-hydrogen) atoms. The van der Waals surface area contributed by atoms with Crippen molar-refractivity contribution in [1.82, 2.24) is 29.4 Å². The van der Waals surface area contributed by atoms with Crippen LogP contribution in [-0.2, 0) is 11.2 Å². The van der Waals surface area contributed by atoms with E-state index in [1.807, 2.05) is 19.0 Å². The van der Waals surface area contributed by atoms with Crippen molar-refractivity contribution < 1.29 is 19.4 Å². The average Bonchev–Trinajstić information content (AvgIpc) is 3.74. The highest BCUT2D eigenvalue weighted by Crippen LogP contribution is 2.38. The van der Waals surface area contributed by atoms with Crippen LogP contribution in [0.25, 0.3) is 16.2 Å². The number of benzene rings is 1. The fraction of sp³-hybridized carbons (Fsp3) is 0.444. The van der Waals surface area contributed by atoms with Crippen LogP contribution in [0.5, 0.6) is 0 Å². The Labute approximate surface area is 249 Å². The molecule has 1 aromatic carbocycles. The molecule has 1 atom stereocenters. The number of fused-ring (bicyclic) bond motifs is 1. The van der Waals surface area contributed by atoms with E-state index in [2.05, 4.69) is 15.9 Å². The number of thiazole rings is 1. The monoisotopic (exact) mass is 611 g/mol. The van der Waals surface area contributed by atoms with Crippen LogP contribution < -0.4 is 9.80 Å². The maximum Gasteiger partial charge on any atom is 0.236 e. The molecule has 0 radical (unpaired) electrons. The standard InChI is InChI=1S/C27H30FN9O3S2/c1-33(15-22(40)36-13-19(39)14-36)18-7-9-35(12-18)27-32-37-24(20(8-10-38)30-26(37)42-27)34(2)25-31-23(21(11-29)41-25)16-3-5-17(28)6-4-16/h3-6,18-19,38-39H,7-10,12-15H2,1-2H3/t18-/m1/s1. The van der Waals surface area contributed by atoms with Gasteiger partial charge in [0.1, 0.15) is 22.5 Å². The molecule has 2 aliphatic rings. The third-order valence-electron chi connectivity index (χ3n) is 7.68.